The van der Waals surface area contributed by atoms with E-state index in [1.54, 1.807) is 0 Å². The van der Waals surface area contributed by atoms with E-state index in [4.69, 9.17) is 9.47 Å². The lowest BCUT2D eigenvalue weighted by atomic mass is 9.97. The molecular formula is C19H21NO5. The fourth-order valence-electron chi connectivity index (χ4n) is 2.56. The second-order valence-electron chi connectivity index (χ2n) is 5.63. The van der Waals surface area contributed by atoms with Crippen molar-refractivity contribution < 1.29 is 24.2 Å². The average molecular weight is 343 g/mol. The monoisotopic (exact) mass is 343 g/mol. The predicted molar refractivity (Wildman–Crippen MR) is 94.6 cm³/mol. The third-order valence-electron chi connectivity index (χ3n) is 3.86. The minimum Gasteiger partial charge on any atom is -0.493 e. The van der Waals surface area contributed by atoms with Gasteiger partial charge in [0, 0.05) is 6.42 Å². The van der Waals surface area contributed by atoms with E-state index in [-0.39, 0.29) is 41.0 Å². The molecular weight excluding hydrogens is 322 g/mol. The molecule has 0 radical (unpaired) electrons. The number of carboxylic acids is 1. The molecule has 132 valence electrons. The molecule has 0 spiro atoms. The van der Waals surface area contributed by atoms with Crippen molar-refractivity contribution in [3.63, 3.8) is 0 Å². The Bertz CT molecular complexity index is 758. The number of ether oxygens (including phenoxy) is 2. The minimum absolute atomic E-state index is 0.00376. The van der Waals surface area contributed by atoms with Crippen LogP contribution in [-0.4, -0.2) is 31.2 Å². The van der Waals surface area contributed by atoms with E-state index in [1.165, 1.54) is 26.4 Å². The van der Waals surface area contributed by atoms with Gasteiger partial charge in [0.1, 0.15) is 0 Å². The van der Waals surface area contributed by atoms with Crippen molar-refractivity contribution in [2.45, 2.75) is 19.3 Å². The average Bonchev–Trinajstić information content (AvgIpc) is 2.61. The first-order valence-corrected chi connectivity index (χ1v) is 7.80. The number of hydrogen-bond acceptors (Lipinski definition) is 4. The molecule has 2 rings (SSSR count). The van der Waals surface area contributed by atoms with Gasteiger partial charge in [-0.2, -0.15) is 0 Å². The van der Waals surface area contributed by atoms with Crippen LogP contribution in [0.3, 0.4) is 0 Å². The number of rotatable bonds is 7. The molecule has 1 amide bonds. The van der Waals surface area contributed by atoms with Crippen LogP contribution in [0.15, 0.2) is 42.5 Å². The topological polar surface area (TPSA) is 84.9 Å². The van der Waals surface area contributed by atoms with Crippen LogP contribution in [0.5, 0.6) is 11.5 Å². The molecule has 0 bridgehead atoms. The lowest BCUT2D eigenvalue weighted by Crippen LogP contribution is -2.16. The zero-order valence-electron chi connectivity index (χ0n) is 14.4. The molecule has 0 heterocycles. The largest absolute Gasteiger partial charge is 0.493 e. The van der Waals surface area contributed by atoms with Gasteiger partial charge in [0.25, 0.3) is 0 Å². The number of carboxylic acid groups (broad SMARTS) is 1. The lowest BCUT2D eigenvalue weighted by molar-refractivity contribution is -0.116. The molecule has 6 heteroatoms. The summed E-state index contributed by atoms with van der Waals surface area (Å²) in [6.07, 6.45) is 0.257. The Morgan fingerprint density at radius 2 is 1.80 bits per heavy atom. The highest BCUT2D eigenvalue weighted by Gasteiger charge is 2.19. The minimum atomic E-state index is -1.12. The number of carbonyl (C=O) groups excluding carboxylic acids is 1. The third kappa shape index (κ3) is 4.50. The van der Waals surface area contributed by atoms with E-state index in [1.807, 2.05) is 37.3 Å². The van der Waals surface area contributed by atoms with Crippen LogP contribution < -0.4 is 14.8 Å². The van der Waals surface area contributed by atoms with Crippen LogP contribution in [0.1, 0.15) is 35.2 Å². The maximum absolute atomic E-state index is 12.4. The zero-order valence-corrected chi connectivity index (χ0v) is 14.4. The Morgan fingerprint density at radius 1 is 1.12 bits per heavy atom. The fourth-order valence-corrected chi connectivity index (χ4v) is 2.56. The van der Waals surface area contributed by atoms with Gasteiger partial charge in [0.2, 0.25) is 5.91 Å². The number of anilines is 1. The summed E-state index contributed by atoms with van der Waals surface area (Å²) in [6.45, 7) is 1.96. The van der Waals surface area contributed by atoms with Crippen molar-refractivity contribution in [3.8, 4) is 11.5 Å². The van der Waals surface area contributed by atoms with Crippen molar-refractivity contribution >= 4 is 17.6 Å². The second-order valence-corrected chi connectivity index (χ2v) is 5.63. The molecule has 6 nitrogen and oxygen atoms in total. The molecule has 0 saturated carbocycles. The van der Waals surface area contributed by atoms with Crippen LogP contribution in [-0.2, 0) is 4.79 Å². The number of aromatic carboxylic acids is 1. The van der Waals surface area contributed by atoms with E-state index < -0.39 is 5.97 Å². The van der Waals surface area contributed by atoms with E-state index in [9.17, 15) is 14.7 Å². The summed E-state index contributed by atoms with van der Waals surface area (Å²) in [6, 6.07) is 12.4. The smallest absolute Gasteiger partial charge is 0.335 e. The van der Waals surface area contributed by atoms with Gasteiger partial charge >= 0.3 is 5.97 Å². The Morgan fingerprint density at radius 3 is 2.36 bits per heavy atom. The molecule has 2 aromatic rings. The molecule has 0 aliphatic heterocycles. The summed E-state index contributed by atoms with van der Waals surface area (Å²) in [7, 11) is 2.84. The molecule has 0 fully saturated rings. The maximum atomic E-state index is 12.4. The number of methoxy groups -OCH3 is 2. The van der Waals surface area contributed by atoms with Gasteiger partial charge < -0.3 is 19.9 Å². The van der Waals surface area contributed by atoms with E-state index in [0.717, 1.165) is 5.56 Å². The van der Waals surface area contributed by atoms with Crippen LogP contribution in [0.2, 0.25) is 0 Å². The quantitative estimate of drug-likeness (QED) is 0.803. The fraction of sp³-hybridized carbons (Fsp3) is 0.263. The Labute approximate surface area is 146 Å². The van der Waals surface area contributed by atoms with Crippen LogP contribution in [0.4, 0.5) is 5.69 Å². The SMILES string of the molecule is COc1cc(C(=O)O)cc(NC(=O)CC(C)c2ccccc2)c1OC. The molecule has 2 aromatic carbocycles. The molecule has 1 atom stereocenters. The summed E-state index contributed by atoms with van der Waals surface area (Å²) in [5.41, 5.74) is 1.33. The van der Waals surface area contributed by atoms with Crippen molar-refractivity contribution in [1.82, 2.24) is 0 Å². The summed E-state index contributed by atoms with van der Waals surface area (Å²) in [5.74, 6) is -0.799. The van der Waals surface area contributed by atoms with E-state index in [0.29, 0.717) is 0 Å². The first-order chi connectivity index (χ1) is 12.0. The van der Waals surface area contributed by atoms with Crippen molar-refractivity contribution in [2.24, 2.45) is 0 Å². The first kappa shape index (κ1) is 18.3. The number of nitrogens with one attached hydrogen (secondary N) is 1. The molecule has 1 unspecified atom stereocenters. The zero-order chi connectivity index (χ0) is 18.4. The van der Waals surface area contributed by atoms with Gasteiger partial charge in [-0.05, 0) is 23.6 Å². The Hall–Kier alpha value is -3.02. The molecule has 0 aliphatic carbocycles. The summed E-state index contributed by atoms with van der Waals surface area (Å²) < 4.78 is 10.4. The van der Waals surface area contributed by atoms with Crippen LogP contribution in [0.25, 0.3) is 0 Å². The van der Waals surface area contributed by atoms with Crippen molar-refractivity contribution in [3.05, 3.63) is 53.6 Å². The molecule has 0 aliphatic rings. The second kappa shape index (κ2) is 8.19. The molecule has 2 N–H and O–H groups in total. The highest BCUT2D eigenvalue weighted by Crippen LogP contribution is 2.37. The highest BCUT2D eigenvalue weighted by atomic mass is 16.5. The summed E-state index contributed by atoms with van der Waals surface area (Å²) in [4.78, 5) is 23.7. The number of benzene rings is 2. The van der Waals surface area contributed by atoms with Gasteiger partial charge in [-0.3, -0.25) is 4.79 Å². The first-order valence-electron chi connectivity index (χ1n) is 7.80. The number of hydrogen-bond donors (Lipinski definition) is 2. The van der Waals surface area contributed by atoms with Crippen molar-refractivity contribution in [1.29, 1.82) is 0 Å². The van der Waals surface area contributed by atoms with Gasteiger partial charge in [0.15, 0.2) is 11.5 Å². The normalized spacial score (nSPS) is 11.5. The predicted octanol–water partition coefficient (Wildman–Crippen LogP) is 3.53. The molecule has 0 aromatic heterocycles. The highest BCUT2D eigenvalue weighted by molar-refractivity contribution is 5.97. The van der Waals surface area contributed by atoms with E-state index >= 15 is 0 Å². The molecule has 25 heavy (non-hydrogen) atoms. The van der Waals surface area contributed by atoms with E-state index in [2.05, 4.69) is 5.32 Å². The third-order valence-corrected chi connectivity index (χ3v) is 3.86. The van der Waals surface area contributed by atoms with Gasteiger partial charge in [0.05, 0.1) is 25.5 Å². The number of amides is 1. The van der Waals surface area contributed by atoms with Gasteiger partial charge in [-0.25, -0.2) is 4.79 Å². The van der Waals surface area contributed by atoms with Gasteiger partial charge in [-0.1, -0.05) is 37.3 Å². The Kier molecular flexibility index (Phi) is 6.00. The van der Waals surface area contributed by atoms with Crippen LogP contribution in [0, 0.1) is 0 Å². The number of carbonyl (C=O) groups is 2. The maximum Gasteiger partial charge on any atom is 0.335 e. The van der Waals surface area contributed by atoms with Crippen LogP contribution >= 0.6 is 0 Å². The standard InChI is InChI=1S/C19H21NO5/c1-12(13-7-5-4-6-8-13)9-17(21)20-15-10-14(19(22)23)11-16(24-2)18(15)25-3/h4-8,10-12H,9H2,1-3H3,(H,20,21)(H,22,23). The summed E-state index contributed by atoms with van der Waals surface area (Å²) in [5, 5.41) is 11.9. The lowest BCUT2D eigenvalue weighted by Gasteiger charge is -2.16. The van der Waals surface area contributed by atoms with Crippen molar-refractivity contribution in [2.75, 3.05) is 19.5 Å². The summed E-state index contributed by atoms with van der Waals surface area (Å²) >= 11 is 0. The Balaban J connectivity index is 2.21. The molecule has 0 saturated heterocycles. The van der Waals surface area contributed by atoms with Gasteiger partial charge in [-0.15, -0.1) is 0 Å².